The summed E-state index contributed by atoms with van der Waals surface area (Å²) in [5, 5.41) is 2.89. The minimum absolute atomic E-state index is 0.160. The van der Waals surface area contributed by atoms with E-state index >= 15 is 0 Å². The molecule has 0 saturated carbocycles. The van der Waals surface area contributed by atoms with Gasteiger partial charge in [-0.15, -0.1) is 23.1 Å². The molecule has 2 rings (SSSR count). The molecule has 0 atom stereocenters. The van der Waals surface area contributed by atoms with Crippen molar-refractivity contribution in [3.63, 3.8) is 0 Å². The number of rotatable bonds is 6. The van der Waals surface area contributed by atoms with Crippen molar-refractivity contribution >= 4 is 35.0 Å². The molecule has 0 spiro atoms. The van der Waals surface area contributed by atoms with E-state index in [1.165, 1.54) is 35.8 Å². The van der Waals surface area contributed by atoms with Crippen molar-refractivity contribution in [2.45, 2.75) is 10.6 Å². The zero-order valence-corrected chi connectivity index (χ0v) is 14.1. The number of hydrogen-bond acceptors (Lipinski definition) is 5. The molecule has 1 heterocycles. The Labute approximate surface area is 137 Å². The van der Waals surface area contributed by atoms with Gasteiger partial charge in [-0.25, -0.2) is 4.79 Å². The molecule has 1 aromatic heterocycles. The number of hydrogen-bond donors (Lipinski definition) is 1. The monoisotopic (exact) mass is 335 g/mol. The summed E-state index contributed by atoms with van der Waals surface area (Å²) in [7, 11) is 1.33. The Morgan fingerprint density at radius 2 is 2.00 bits per heavy atom. The Bertz CT molecular complexity index is 653. The van der Waals surface area contributed by atoms with Crippen LogP contribution in [0.15, 0.2) is 40.6 Å². The predicted molar refractivity (Wildman–Crippen MR) is 89.9 cm³/mol. The van der Waals surface area contributed by atoms with E-state index in [9.17, 15) is 9.59 Å². The van der Waals surface area contributed by atoms with Gasteiger partial charge in [0.25, 0.3) is 5.91 Å². The Hall–Kier alpha value is -1.79. The number of thioether (sulfide) groups is 1. The summed E-state index contributed by atoms with van der Waals surface area (Å²) in [4.78, 5) is 24.3. The molecule has 6 heteroatoms. The van der Waals surface area contributed by atoms with Crippen molar-refractivity contribution in [2.24, 2.45) is 0 Å². The number of methoxy groups -OCH3 is 1. The molecule has 0 radical (unpaired) electrons. The van der Waals surface area contributed by atoms with Gasteiger partial charge in [-0.3, -0.25) is 4.79 Å². The molecule has 1 aromatic carbocycles. The summed E-state index contributed by atoms with van der Waals surface area (Å²) in [6, 6.07) is 11.6. The van der Waals surface area contributed by atoms with E-state index < -0.39 is 5.97 Å². The van der Waals surface area contributed by atoms with Crippen LogP contribution >= 0.6 is 23.1 Å². The molecule has 0 unspecified atom stereocenters. The highest BCUT2D eigenvalue weighted by Gasteiger charge is 2.19. The lowest BCUT2D eigenvalue weighted by atomic mass is 10.1. The molecule has 2 aromatic rings. The number of ether oxygens (including phenoxy) is 1. The van der Waals surface area contributed by atoms with Gasteiger partial charge in [0.1, 0.15) is 4.88 Å². The minimum atomic E-state index is -0.413. The molecule has 0 aliphatic rings. The molecular formula is C16H17NO3S2. The Morgan fingerprint density at radius 3 is 2.64 bits per heavy atom. The first kappa shape index (κ1) is 16.6. The Kier molecular flexibility index (Phi) is 6.03. The van der Waals surface area contributed by atoms with E-state index in [0.717, 1.165) is 10.6 Å². The summed E-state index contributed by atoms with van der Waals surface area (Å²) < 4.78 is 5.52. The van der Waals surface area contributed by atoms with Gasteiger partial charge < -0.3 is 10.1 Å². The first-order valence-electron chi connectivity index (χ1n) is 6.74. The van der Waals surface area contributed by atoms with Crippen LogP contribution in [0, 0.1) is 0 Å². The summed E-state index contributed by atoms with van der Waals surface area (Å²) in [5.41, 5.74) is 1.71. The zero-order valence-electron chi connectivity index (χ0n) is 12.4. The molecule has 0 aliphatic carbocycles. The predicted octanol–water partition coefficient (Wildman–Crippen LogP) is 3.23. The van der Waals surface area contributed by atoms with Crippen molar-refractivity contribution < 1.29 is 14.3 Å². The van der Waals surface area contributed by atoms with Crippen molar-refractivity contribution in [3.8, 4) is 0 Å². The maximum absolute atomic E-state index is 12.3. The summed E-state index contributed by atoms with van der Waals surface area (Å²) in [6.07, 6.45) is 2.66. The van der Waals surface area contributed by atoms with E-state index in [2.05, 4.69) is 5.32 Å². The fourth-order valence-electron chi connectivity index (χ4n) is 1.95. The summed E-state index contributed by atoms with van der Waals surface area (Å²) >= 11 is 2.73. The van der Waals surface area contributed by atoms with Gasteiger partial charge in [0.05, 0.1) is 16.9 Å². The average molecular weight is 335 g/mol. The fourth-order valence-corrected chi connectivity index (χ4v) is 3.72. The smallest absolute Gasteiger partial charge is 0.348 e. The van der Waals surface area contributed by atoms with E-state index in [4.69, 9.17) is 4.74 Å². The zero-order chi connectivity index (χ0) is 15.9. The molecule has 1 amide bonds. The third-order valence-electron chi connectivity index (χ3n) is 3.06. The van der Waals surface area contributed by atoms with Crippen LogP contribution in [0.25, 0.3) is 0 Å². The van der Waals surface area contributed by atoms with Crippen molar-refractivity contribution in [1.82, 2.24) is 5.32 Å². The van der Waals surface area contributed by atoms with Crippen molar-refractivity contribution in [1.29, 1.82) is 0 Å². The van der Waals surface area contributed by atoms with Gasteiger partial charge in [-0.05, 0) is 24.3 Å². The van der Waals surface area contributed by atoms with E-state index in [1.54, 1.807) is 6.07 Å². The Morgan fingerprint density at radius 1 is 1.27 bits per heavy atom. The molecule has 4 nitrogen and oxygen atoms in total. The summed E-state index contributed by atoms with van der Waals surface area (Å²) in [6.45, 7) is 0.556. The van der Waals surface area contributed by atoms with Crippen molar-refractivity contribution in [3.05, 3.63) is 52.4 Å². The highest BCUT2D eigenvalue weighted by Crippen LogP contribution is 2.31. The SMILES string of the molecule is COC(=O)c1cc(C(=O)NCCc2ccccc2)c(SC)s1. The van der Waals surface area contributed by atoms with Crippen LogP contribution in [0.1, 0.15) is 25.6 Å². The average Bonchev–Trinajstić information content (AvgIpc) is 2.99. The molecule has 22 heavy (non-hydrogen) atoms. The van der Waals surface area contributed by atoms with Crippen LogP contribution in [-0.2, 0) is 11.2 Å². The quantitative estimate of drug-likeness (QED) is 0.650. The second-order valence-electron chi connectivity index (χ2n) is 4.50. The normalized spacial score (nSPS) is 10.3. The third kappa shape index (κ3) is 4.11. The van der Waals surface area contributed by atoms with E-state index in [1.807, 2.05) is 36.6 Å². The van der Waals surface area contributed by atoms with Gasteiger partial charge in [0.15, 0.2) is 0 Å². The molecule has 0 aliphatic heterocycles. The molecule has 0 fully saturated rings. The highest BCUT2D eigenvalue weighted by atomic mass is 32.2. The maximum Gasteiger partial charge on any atom is 0.348 e. The third-order valence-corrected chi connectivity index (χ3v) is 5.31. The topological polar surface area (TPSA) is 55.4 Å². The van der Waals surface area contributed by atoms with Crippen LogP contribution in [0.5, 0.6) is 0 Å². The molecule has 116 valence electrons. The Balaban J connectivity index is 2.00. The van der Waals surface area contributed by atoms with Crippen LogP contribution in [0.2, 0.25) is 0 Å². The number of esters is 1. The minimum Gasteiger partial charge on any atom is -0.465 e. The molecule has 1 N–H and O–H groups in total. The first-order valence-corrected chi connectivity index (χ1v) is 8.78. The lowest BCUT2D eigenvalue weighted by Gasteiger charge is -2.05. The van der Waals surface area contributed by atoms with Gasteiger partial charge in [-0.2, -0.15) is 0 Å². The highest BCUT2D eigenvalue weighted by molar-refractivity contribution is 8.00. The van der Waals surface area contributed by atoms with Gasteiger partial charge in [0, 0.05) is 6.54 Å². The molecule has 0 saturated heterocycles. The first-order chi connectivity index (χ1) is 10.7. The van der Waals surface area contributed by atoms with Gasteiger partial charge in [-0.1, -0.05) is 30.3 Å². The number of benzene rings is 1. The standard InChI is InChI=1S/C16H17NO3S2/c1-20-15(19)13-10-12(16(21-2)22-13)14(18)17-9-8-11-6-4-3-5-7-11/h3-7,10H,8-9H2,1-2H3,(H,17,18). The number of thiophene rings is 1. The number of amides is 1. The number of carbonyl (C=O) groups excluding carboxylic acids is 2. The van der Waals surface area contributed by atoms with Crippen molar-refractivity contribution in [2.75, 3.05) is 19.9 Å². The molecular weight excluding hydrogens is 318 g/mol. The van der Waals surface area contributed by atoms with Crippen LogP contribution in [0.3, 0.4) is 0 Å². The lowest BCUT2D eigenvalue weighted by Crippen LogP contribution is -2.25. The largest absolute Gasteiger partial charge is 0.465 e. The second kappa shape index (κ2) is 8.00. The van der Waals surface area contributed by atoms with Gasteiger partial charge in [0.2, 0.25) is 0 Å². The lowest BCUT2D eigenvalue weighted by molar-refractivity contribution is 0.0606. The van der Waals surface area contributed by atoms with Crippen LogP contribution < -0.4 is 5.32 Å². The second-order valence-corrected chi connectivity index (χ2v) is 6.63. The van der Waals surface area contributed by atoms with Gasteiger partial charge >= 0.3 is 5.97 Å². The number of carbonyl (C=O) groups is 2. The fraction of sp³-hybridized carbons (Fsp3) is 0.250. The van der Waals surface area contributed by atoms with E-state index in [-0.39, 0.29) is 5.91 Å². The summed E-state index contributed by atoms with van der Waals surface area (Å²) in [5.74, 6) is -0.574. The van der Waals surface area contributed by atoms with E-state index in [0.29, 0.717) is 17.0 Å². The number of nitrogens with one attached hydrogen (secondary N) is 1. The van der Waals surface area contributed by atoms with Crippen LogP contribution in [-0.4, -0.2) is 31.8 Å². The molecule has 0 bridgehead atoms. The van der Waals surface area contributed by atoms with Crippen LogP contribution in [0.4, 0.5) is 0 Å². The maximum atomic E-state index is 12.3.